The first-order chi connectivity index (χ1) is 10.0. The van der Waals surface area contributed by atoms with Crippen LogP contribution in [0.1, 0.15) is 9.67 Å². The first-order valence-corrected chi connectivity index (χ1v) is 7.41. The zero-order chi connectivity index (χ0) is 15.4. The number of carbonyl (C=O) groups is 1. The summed E-state index contributed by atoms with van der Waals surface area (Å²) in [6, 6.07) is 5.95. The molecule has 0 N–H and O–H groups in total. The summed E-state index contributed by atoms with van der Waals surface area (Å²) in [4.78, 5) is 22.9. The van der Waals surface area contributed by atoms with E-state index >= 15 is 0 Å². The van der Waals surface area contributed by atoms with E-state index in [1.54, 1.807) is 11.4 Å². The molecule has 0 aliphatic carbocycles. The number of nitrogens with zero attached hydrogens (tertiary/aromatic N) is 1. The predicted molar refractivity (Wildman–Crippen MR) is 81.5 cm³/mol. The average Bonchev–Trinajstić information content (AvgIpc) is 2.90. The number of carbonyl (C=O) groups excluding carboxylic acids is 1. The van der Waals surface area contributed by atoms with Crippen molar-refractivity contribution in [2.24, 2.45) is 0 Å². The van der Waals surface area contributed by atoms with E-state index in [0.29, 0.717) is 15.1 Å². The van der Waals surface area contributed by atoms with Crippen LogP contribution in [0, 0.1) is 10.1 Å². The number of ketones is 1. The second-order valence-corrected chi connectivity index (χ2v) is 5.67. The van der Waals surface area contributed by atoms with Crippen LogP contribution >= 0.6 is 27.3 Å². The van der Waals surface area contributed by atoms with E-state index in [1.807, 2.05) is 0 Å². The summed E-state index contributed by atoms with van der Waals surface area (Å²) in [5, 5.41) is 12.8. The van der Waals surface area contributed by atoms with Crippen molar-refractivity contribution in [2.45, 2.75) is 0 Å². The van der Waals surface area contributed by atoms with Crippen molar-refractivity contribution in [3.05, 3.63) is 49.1 Å². The van der Waals surface area contributed by atoms with Gasteiger partial charge < -0.3 is 9.47 Å². The highest BCUT2D eigenvalue weighted by Crippen LogP contribution is 2.31. The zero-order valence-electron chi connectivity index (χ0n) is 10.9. The molecule has 1 aromatic carbocycles. The Hall–Kier alpha value is -1.93. The van der Waals surface area contributed by atoms with Crippen LogP contribution in [0.15, 0.2) is 34.1 Å². The third-order valence-corrected chi connectivity index (χ3v) is 4.47. The van der Waals surface area contributed by atoms with Gasteiger partial charge in [0.25, 0.3) is 0 Å². The minimum atomic E-state index is -0.580. The lowest BCUT2D eigenvalue weighted by atomic mass is 10.2. The van der Waals surface area contributed by atoms with Gasteiger partial charge in [0.15, 0.2) is 12.4 Å². The molecule has 0 atom stereocenters. The highest BCUT2D eigenvalue weighted by atomic mass is 79.9. The smallest absolute Gasteiger partial charge is 0.314 e. The van der Waals surface area contributed by atoms with Crippen LogP contribution in [-0.4, -0.2) is 24.4 Å². The van der Waals surface area contributed by atoms with Gasteiger partial charge in [-0.15, -0.1) is 11.3 Å². The number of methoxy groups -OCH3 is 1. The lowest BCUT2D eigenvalue weighted by molar-refractivity contribution is -0.385. The number of ether oxygens (including phenoxy) is 2. The molecule has 21 heavy (non-hydrogen) atoms. The third-order valence-electron chi connectivity index (χ3n) is 2.59. The van der Waals surface area contributed by atoms with Gasteiger partial charge >= 0.3 is 5.69 Å². The van der Waals surface area contributed by atoms with Crippen molar-refractivity contribution >= 4 is 38.7 Å². The number of nitro groups is 1. The molecule has 0 aliphatic rings. The van der Waals surface area contributed by atoms with Crippen LogP contribution in [0.25, 0.3) is 0 Å². The Morgan fingerprint density at radius 1 is 1.43 bits per heavy atom. The maximum Gasteiger partial charge on any atom is 0.314 e. The highest BCUT2D eigenvalue weighted by molar-refractivity contribution is 9.10. The molecule has 2 rings (SSSR count). The topological polar surface area (TPSA) is 78.7 Å². The quantitative estimate of drug-likeness (QED) is 0.439. The molecule has 0 amide bonds. The molecule has 110 valence electrons. The van der Waals surface area contributed by atoms with Gasteiger partial charge in [0, 0.05) is 4.47 Å². The molecule has 8 heteroatoms. The van der Waals surface area contributed by atoms with Gasteiger partial charge in [-0.3, -0.25) is 14.9 Å². The second-order valence-electron chi connectivity index (χ2n) is 3.90. The fourth-order valence-corrected chi connectivity index (χ4v) is 3.11. The molecule has 0 unspecified atom stereocenters. The van der Waals surface area contributed by atoms with E-state index in [9.17, 15) is 14.9 Å². The summed E-state index contributed by atoms with van der Waals surface area (Å²) >= 11 is 4.54. The number of thiophene rings is 1. The monoisotopic (exact) mass is 371 g/mol. The molecule has 1 heterocycles. The van der Waals surface area contributed by atoms with Crippen molar-refractivity contribution < 1.29 is 19.2 Å². The van der Waals surface area contributed by atoms with Gasteiger partial charge in [-0.2, -0.15) is 0 Å². The molecule has 1 aromatic heterocycles. The maximum atomic E-state index is 12.0. The summed E-state index contributed by atoms with van der Waals surface area (Å²) in [5.74, 6) is 0.130. The Morgan fingerprint density at radius 2 is 2.19 bits per heavy atom. The first kappa shape index (κ1) is 15.5. The summed E-state index contributed by atoms with van der Waals surface area (Å²) in [6.07, 6.45) is 0. The van der Waals surface area contributed by atoms with Crippen LogP contribution < -0.4 is 9.47 Å². The predicted octanol–water partition coefficient (Wildman–Crippen LogP) is 3.69. The fraction of sp³-hybridized carbons (Fsp3) is 0.154. The van der Waals surface area contributed by atoms with Crippen molar-refractivity contribution in [1.29, 1.82) is 0 Å². The van der Waals surface area contributed by atoms with Crippen molar-refractivity contribution in [3.8, 4) is 11.5 Å². The Balaban J connectivity index is 2.15. The van der Waals surface area contributed by atoms with E-state index in [1.165, 1.54) is 36.6 Å². The molecule has 2 aromatic rings. The number of halogens is 1. The Bertz CT molecular complexity index is 685. The number of Topliss-reactive ketones (excluding diaryl/α,β-unsaturated/α-hetero) is 1. The zero-order valence-corrected chi connectivity index (χ0v) is 13.3. The maximum absolute atomic E-state index is 12.0. The number of rotatable bonds is 6. The Labute approximate surface area is 132 Å². The summed E-state index contributed by atoms with van der Waals surface area (Å²) in [5.41, 5.74) is -0.243. The standard InChI is InChI=1S/C13H10BrNO5S/c1-19-8-2-3-12(10(6-8)15(17)18)20-7-11(16)13-9(14)4-5-21-13/h2-6H,7H2,1H3. The molecule has 0 aliphatic heterocycles. The molecule has 0 radical (unpaired) electrons. The molecule has 0 bridgehead atoms. The second kappa shape index (κ2) is 6.68. The van der Waals surface area contributed by atoms with Gasteiger partial charge in [0.2, 0.25) is 5.78 Å². The molecule has 0 fully saturated rings. The SMILES string of the molecule is COc1ccc(OCC(=O)c2sccc2Br)c([N+](=O)[O-])c1. The molecular formula is C13H10BrNO5S. The first-order valence-electron chi connectivity index (χ1n) is 5.74. The third kappa shape index (κ3) is 3.59. The Kier molecular flexibility index (Phi) is 4.92. The summed E-state index contributed by atoms with van der Waals surface area (Å²) in [7, 11) is 1.41. The lowest BCUT2D eigenvalue weighted by Crippen LogP contribution is -2.11. The lowest BCUT2D eigenvalue weighted by Gasteiger charge is -2.07. The van der Waals surface area contributed by atoms with Crippen LogP contribution in [0.3, 0.4) is 0 Å². The van der Waals surface area contributed by atoms with Crippen LogP contribution in [0.5, 0.6) is 11.5 Å². The fourth-order valence-electron chi connectivity index (χ4n) is 1.59. The minimum absolute atomic E-state index is 0.0295. The molecule has 6 nitrogen and oxygen atoms in total. The molecular weight excluding hydrogens is 362 g/mol. The normalized spacial score (nSPS) is 10.2. The molecule has 0 saturated heterocycles. The summed E-state index contributed by atoms with van der Waals surface area (Å²) in [6.45, 7) is -0.272. The largest absolute Gasteiger partial charge is 0.496 e. The van der Waals surface area contributed by atoms with E-state index < -0.39 is 4.92 Å². The van der Waals surface area contributed by atoms with E-state index in [-0.39, 0.29) is 23.8 Å². The number of benzene rings is 1. The van der Waals surface area contributed by atoms with Crippen LogP contribution in [-0.2, 0) is 0 Å². The van der Waals surface area contributed by atoms with Crippen LogP contribution in [0.4, 0.5) is 5.69 Å². The Morgan fingerprint density at radius 3 is 2.76 bits per heavy atom. The van der Waals surface area contributed by atoms with Gasteiger partial charge in [-0.1, -0.05) is 0 Å². The average molecular weight is 372 g/mol. The van der Waals surface area contributed by atoms with Crippen molar-refractivity contribution in [3.63, 3.8) is 0 Å². The van der Waals surface area contributed by atoms with E-state index in [4.69, 9.17) is 9.47 Å². The number of hydrogen-bond acceptors (Lipinski definition) is 6. The van der Waals surface area contributed by atoms with Gasteiger partial charge in [0.1, 0.15) is 5.75 Å². The molecule has 0 saturated carbocycles. The van der Waals surface area contributed by atoms with Gasteiger partial charge in [-0.25, -0.2) is 0 Å². The highest BCUT2D eigenvalue weighted by Gasteiger charge is 2.19. The van der Waals surface area contributed by atoms with E-state index in [2.05, 4.69) is 15.9 Å². The van der Waals surface area contributed by atoms with Gasteiger partial charge in [-0.05, 0) is 39.5 Å². The van der Waals surface area contributed by atoms with Crippen molar-refractivity contribution in [2.75, 3.05) is 13.7 Å². The summed E-state index contributed by atoms with van der Waals surface area (Å²) < 4.78 is 10.9. The minimum Gasteiger partial charge on any atom is -0.496 e. The molecule has 0 spiro atoms. The number of nitro benzene ring substituents is 1. The van der Waals surface area contributed by atoms with Crippen molar-refractivity contribution in [1.82, 2.24) is 0 Å². The number of hydrogen-bond donors (Lipinski definition) is 0. The van der Waals surface area contributed by atoms with E-state index in [0.717, 1.165) is 0 Å². The van der Waals surface area contributed by atoms with Crippen LogP contribution in [0.2, 0.25) is 0 Å². The van der Waals surface area contributed by atoms with Gasteiger partial charge in [0.05, 0.1) is 23.0 Å².